The van der Waals surface area contributed by atoms with Gasteiger partial charge in [0.25, 0.3) is 0 Å². The molecule has 0 aromatic carbocycles. The predicted molar refractivity (Wildman–Crippen MR) is 70.3 cm³/mol. The van der Waals surface area contributed by atoms with Gasteiger partial charge in [-0.05, 0) is 13.7 Å². The van der Waals surface area contributed by atoms with Crippen molar-refractivity contribution in [1.29, 1.82) is 0 Å². The normalized spacial score (nSPS) is 22.1. The molecule has 1 rings (SSSR count). The summed E-state index contributed by atoms with van der Waals surface area (Å²) < 4.78 is 198. The monoisotopic (exact) mass is 414 g/mol. The molecule has 24 heavy (non-hydrogen) atoms. The highest BCUT2D eigenvalue weighted by Crippen LogP contribution is 2.36. The molecule has 0 amide bonds. The zero-order chi connectivity index (χ0) is 29.7. The fourth-order valence-electron chi connectivity index (χ4n) is 0.552. The summed E-state index contributed by atoms with van der Waals surface area (Å²) in [5.74, 6) is 0. The molecular formula is C10H12F6N2O4S2. The Morgan fingerprint density at radius 1 is 0.958 bits per heavy atom. The van der Waals surface area contributed by atoms with Crippen molar-refractivity contribution in [2.45, 2.75) is 30.7 Å². The second-order valence-electron chi connectivity index (χ2n) is 3.20. The van der Waals surface area contributed by atoms with Crippen LogP contribution < -0.4 is 4.57 Å². The Bertz CT molecular complexity index is 1130. The molecule has 0 bridgehead atoms. The largest absolute Gasteiger partial charge is 0.480 e. The smallest absolute Gasteiger partial charge is 0.421 e. The van der Waals surface area contributed by atoms with Gasteiger partial charge in [0.2, 0.25) is 0 Å². The number of hydrogen-bond acceptors (Lipinski definition) is 4. The molecule has 0 saturated heterocycles. The lowest BCUT2D eigenvalue weighted by Gasteiger charge is -2.22. The van der Waals surface area contributed by atoms with Gasteiger partial charge >= 0.3 is 11.0 Å². The summed E-state index contributed by atoms with van der Waals surface area (Å²) in [6.07, 6.45) is -2.16. The lowest BCUT2D eigenvalue weighted by atomic mass is 10.3. The van der Waals surface area contributed by atoms with E-state index in [0.29, 0.717) is 0 Å². The van der Waals surface area contributed by atoms with E-state index in [0.717, 1.165) is 4.13 Å². The molecule has 1 aromatic heterocycles. The Balaban J connectivity index is 0.000000723. The number of alkyl halides is 6. The molecule has 0 unspecified atom stereocenters. The minimum absolute atomic E-state index is 0.00426. The van der Waals surface area contributed by atoms with Crippen LogP contribution >= 0.6 is 0 Å². The third-order valence-corrected chi connectivity index (χ3v) is 4.21. The van der Waals surface area contributed by atoms with Gasteiger partial charge in [-0.15, -0.1) is 0 Å². The lowest BCUT2D eigenvalue weighted by molar-refractivity contribution is -0.716. The maximum Gasteiger partial charge on any atom is 0.480 e. The highest BCUT2D eigenvalue weighted by Gasteiger charge is 2.46. The molecule has 0 radical (unpaired) electrons. The highest BCUT2D eigenvalue weighted by atomic mass is 32.3. The summed E-state index contributed by atoms with van der Waals surface area (Å²) in [6.45, 7) is -6.89. The molecule has 1 aromatic rings. The lowest BCUT2D eigenvalue weighted by Crippen LogP contribution is -2.34. The van der Waals surface area contributed by atoms with Crippen molar-refractivity contribution in [2.24, 2.45) is 0 Å². The third-order valence-electron chi connectivity index (χ3n) is 1.47. The SMILES string of the molecule is O=S(=O)([N-]S(=O)(=O)C(F)(F)F)C(F)(F)F.[2H]c1c([2H])c([2H])[n+](C([2H])(C([2H])([2H])[2H])C([2H])([2H])[2H])c([2H])c1[2H]. The van der Waals surface area contributed by atoms with Gasteiger partial charge in [0.05, 0.1) is 4.11 Å². The summed E-state index contributed by atoms with van der Waals surface area (Å²) in [4.78, 5) is 0. The van der Waals surface area contributed by atoms with E-state index in [1.807, 2.05) is 0 Å². The Hall–Kier alpha value is -1.41. The first kappa shape index (κ1) is 9.33. The summed E-state index contributed by atoms with van der Waals surface area (Å²) in [5.41, 5.74) is -12.4. The van der Waals surface area contributed by atoms with E-state index in [9.17, 15) is 43.2 Å². The van der Waals surface area contributed by atoms with Crippen molar-refractivity contribution < 1.29 is 64.2 Å². The molecule has 0 aliphatic heterocycles. The average molecular weight is 414 g/mol. The van der Waals surface area contributed by atoms with Crippen LogP contribution in [0.5, 0.6) is 0 Å². The number of rotatable bonds is 3. The van der Waals surface area contributed by atoms with E-state index in [2.05, 4.69) is 0 Å². The fourth-order valence-corrected chi connectivity index (χ4v) is 2.26. The molecule has 0 saturated carbocycles. The molecule has 6 nitrogen and oxygen atoms in total. The first-order valence-electron chi connectivity index (χ1n) is 10.7. The van der Waals surface area contributed by atoms with Gasteiger partial charge in [0, 0.05) is 20.3 Å². The second-order valence-corrected chi connectivity index (χ2v) is 6.62. The van der Waals surface area contributed by atoms with Crippen LogP contribution in [0.15, 0.2) is 30.5 Å². The third kappa shape index (κ3) is 6.60. The molecule has 0 fully saturated rings. The maximum absolute atomic E-state index is 11.4. The van der Waals surface area contributed by atoms with Gasteiger partial charge in [0.15, 0.2) is 38.4 Å². The summed E-state index contributed by atoms with van der Waals surface area (Å²) in [6, 6.07) is -6.05. The Kier molecular flexibility index (Phi) is 2.97. The number of hydrogen-bond donors (Lipinski definition) is 0. The Labute approximate surface area is 151 Å². The number of halogens is 6. The van der Waals surface area contributed by atoms with Crippen molar-refractivity contribution in [3.8, 4) is 0 Å². The molecule has 0 N–H and O–H groups in total. The Morgan fingerprint density at radius 2 is 1.33 bits per heavy atom. The van der Waals surface area contributed by atoms with E-state index < -0.39 is 81.3 Å². The quantitative estimate of drug-likeness (QED) is 0.562. The molecule has 0 aliphatic carbocycles. The van der Waals surface area contributed by atoms with Crippen molar-refractivity contribution in [1.82, 2.24) is 0 Å². The standard InChI is InChI=1S/C8H12N.C2F6NO4S2/c1-8(2)9-6-4-3-5-7-9;3-1(4,5)14(10,11)9-15(12,13)2(6,7)8/h3-8H,1-2H3;/q+1;-1/i1D3,2D3,3D,4D,5D,6D,7D,8D;. The minimum Gasteiger partial charge on any atom is -0.421 e. The van der Waals surface area contributed by atoms with Gasteiger partial charge in [-0.3, -0.25) is 0 Å². The van der Waals surface area contributed by atoms with E-state index in [1.54, 1.807) is 0 Å². The van der Waals surface area contributed by atoms with Gasteiger partial charge < -0.3 is 4.13 Å². The van der Waals surface area contributed by atoms with Crippen molar-refractivity contribution in [3.05, 3.63) is 34.6 Å². The van der Waals surface area contributed by atoms with Crippen LogP contribution in [0.2, 0.25) is 0 Å². The predicted octanol–water partition coefficient (Wildman–Crippen LogP) is 2.61. The van der Waals surface area contributed by atoms with E-state index >= 15 is 0 Å². The van der Waals surface area contributed by atoms with Crippen LogP contribution in [0.25, 0.3) is 4.13 Å². The van der Waals surface area contributed by atoms with Crippen molar-refractivity contribution in [3.63, 3.8) is 0 Å². The first-order chi connectivity index (χ1) is 15.4. The molecule has 0 atom stereocenters. The first-order valence-corrected chi connectivity index (χ1v) is 7.62. The summed E-state index contributed by atoms with van der Waals surface area (Å²) in [7, 11) is -13.4. The maximum atomic E-state index is 11.4. The fraction of sp³-hybridized carbons (Fsp3) is 0.500. The zero-order valence-electron chi connectivity index (χ0n) is 22.6. The molecular weight excluding hydrogens is 390 g/mol. The number of sulfonamides is 2. The van der Waals surface area contributed by atoms with Crippen LogP contribution in [0, 0.1) is 0 Å². The summed E-state index contributed by atoms with van der Waals surface area (Å²) >= 11 is 0. The molecule has 0 spiro atoms. The van der Waals surface area contributed by atoms with Gasteiger partial charge in [-0.1, -0.05) is 6.04 Å². The topological polar surface area (TPSA) is 86.3 Å². The molecule has 1 heterocycles. The molecule has 140 valence electrons. The van der Waals surface area contributed by atoms with Gasteiger partial charge in [-0.25, -0.2) is 21.4 Å². The molecule has 0 aliphatic rings. The Morgan fingerprint density at radius 3 is 1.62 bits per heavy atom. The van der Waals surface area contributed by atoms with Crippen molar-refractivity contribution >= 4 is 20.0 Å². The molecule has 14 heteroatoms. The number of nitrogens with zero attached hydrogens (tertiary/aromatic N) is 2. The van der Waals surface area contributed by atoms with Crippen LogP contribution in [0.3, 0.4) is 0 Å². The van der Waals surface area contributed by atoms with Crippen LogP contribution in [-0.4, -0.2) is 27.9 Å². The minimum atomic E-state index is -6.72. The van der Waals surface area contributed by atoms with Crippen LogP contribution in [-0.2, 0) is 20.0 Å². The van der Waals surface area contributed by atoms with E-state index in [-0.39, 0.29) is 4.57 Å². The second kappa shape index (κ2) is 7.65. The summed E-state index contributed by atoms with van der Waals surface area (Å²) in [5, 5.41) is 0. The van der Waals surface area contributed by atoms with Gasteiger partial charge in [0.1, 0.15) is 4.11 Å². The number of aromatic nitrogens is 1. The van der Waals surface area contributed by atoms with Crippen LogP contribution in [0.4, 0.5) is 26.3 Å². The van der Waals surface area contributed by atoms with Gasteiger partial charge in [-0.2, -0.15) is 26.3 Å². The zero-order valence-corrected chi connectivity index (χ0v) is 12.2. The van der Waals surface area contributed by atoms with Crippen LogP contribution in [0.1, 0.15) is 36.2 Å². The van der Waals surface area contributed by atoms with E-state index in [4.69, 9.17) is 16.4 Å². The number of pyridine rings is 1. The average Bonchev–Trinajstić information content (AvgIpc) is 2.60. The van der Waals surface area contributed by atoms with Crippen molar-refractivity contribution in [2.75, 3.05) is 0 Å². The van der Waals surface area contributed by atoms with E-state index in [1.165, 1.54) is 0 Å². The highest BCUT2D eigenvalue weighted by molar-refractivity contribution is 8.13.